The SMILES string of the molecule is Cc1cc(C(=O)CN2C(=O)CNC2=O)c(C)n1-c1ccc(F)cc1. The van der Waals surface area contributed by atoms with Crippen LogP contribution >= 0.6 is 0 Å². The lowest BCUT2D eigenvalue weighted by Crippen LogP contribution is -2.35. The van der Waals surface area contributed by atoms with Crippen LogP contribution in [0.3, 0.4) is 0 Å². The number of nitrogens with zero attached hydrogens (tertiary/aromatic N) is 2. The van der Waals surface area contributed by atoms with Crippen LogP contribution in [0.5, 0.6) is 0 Å². The van der Waals surface area contributed by atoms with Crippen molar-refractivity contribution in [2.24, 2.45) is 0 Å². The van der Waals surface area contributed by atoms with Crippen molar-refractivity contribution in [1.29, 1.82) is 0 Å². The van der Waals surface area contributed by atoms with Crippen LogP contribution in [-0.2, 0) is 4.79 Å². The molecule has 2 aromatic rings. The maximum absolute atomic E-state index is 13.1. The number of nitrogens with one attached hydrogen (secondary N) is 1. The zero-order valence-electron chi connectivity index (χ0n) is 13.3. The molecule has 1 aromatic heterocycles. The van der Waals surface area contributed by atoms with Crippen LogP contribution in [-0.4, -0.2) is 40.3 Å². The van der Waals surface area contributed by atoms with Gasteiger partial charge in [0.25, 0.3) is 0 Å². The Labute approximate surface area is 137 Å². The van der Waals surface area contributed by atoms with E-state index in [0.29, 0.717) is 11.3 Å². The molecule has 7 heteroatoms. The Bertz CT molecular complexity index is 824. The second kappa shape index (κ2) is 5.92. The number of hydrogen-bond donors (Lipinski definition) is 1. The van der Waals surface area contributed by atoms with Crippen LogP contribution in [0, 0.1) is 19.7 Å². The van der Waals surface area contributed by atoms with Crippen molar-refractivity contribution in [2.45, 2.75) is 13.8 Å². The summed E-state index contributed by atoms with van der Waals surface area (Å²) in [5.74, 6) is -1.07. The first kappa shape index (κ1) is 15.9. The van der Waals surface area contributed by atoms with Gasteiger partial charge in [-0.15, -0.1) is 0 Å². The zero-order chi connectivity index (χ0) is 17.4. The predicted molar refractivity (Wildman–Crippen MR) is 84.6 cm³/mol. The molecule has 0 bridgehead atoms. The number of hydrogen-bond acceptors (Lipinski definition) is 3. The fourth-order valence-corrected chi connectivity index (χ4v) is 2.88. The van der Waals surface area contributed by atoms with E-state index in [-0.39, 0.29) is 24.7 Å². The summed E-state index contributed by atoms with van der Waals surface area (Å²) in [6.45, 7) is 3.23. The summed E-state index contributed by atoms with van der Waals surface area (Å²) in [7, 11) is 0. The fourth-order valence-electron chi connectivity index (χ4n) is 2.88. The first-order valence-electron chi connectivity index (χ1n) is 7.44. The Hall–Kier alpha value is -2.96. The largest absolute Gasteiger partial charge is 0.329 e. The van der Waals surface area contributed by atoms with Crippen LogP contribution in [0.25, 0.3) is 5.69 Å². The number of aryl methyl sites for hydroxylation is 1. The van der Waals surface area contributed by atoms with Crippen molar-refractivity contribution in [3.05, 3.63) is 53.1 Å². The van der Waals surface area contributed by atoms with Gasteiger partial charge in [0, 0.05) is 22.6 Å². The molecule has 1 saturated heterocycles. The number of aromatic nitrogens is 1. The molecule has 124 valence electrons. The van der Waals surface area contributed by atoms with Crippen molar-refractivity contribution in [3.63, 3.8) is 0 Å². The van der Waals surface area contributed by atoms with E-state index in [1.807, 2.05) is 11.5 Å². The van der Waals surface area contributed by atoms with E-state index in [2.05, 4.69) is 5.32 Å². The maximum Gasteiger partial charge on any atom is 0.325 e. The molecular weight excluding hydrogens is 313 g/mol. The molecule has 2 heterocycles. The molecule has 1 N–H and O–H groups in total. The summed E-state index contributed by atoms with van der Waals surface area (Å²) in [4.78, 5) is 36.6. The van der Waals surface area contributed by atoms with Crippen molar-refractivity contribution < 1.29 is 18.8 Å². The molecule has 0 unspecified atom stereocenters. The number of carbonyl (C=O) groups is 3. The normalized spacial score (nSPS) is 14.2. The summed E-state index contributed by atoms with van der Waals surface area (Å²) >= 11 is 0. The molecule has 1 fully saturated rings. The standard InChI is InChI=1S/C17H16FN3O3/c1-10-7-14(15(22)9-20-16(23)8-19-17(20)24)11(2)21(10)13-5-3-12(18)4-6-13/h3-7H,8-9H2,1-2H3,(H,19,24). The van der Waals surface area contributed by atoms with Crippen molar-refractivity contribution in [2.75, 3.05) is 13.1 Å². The molecule has 0 radical (unpaired) electrons. The van der Waals surface area contributed by atoms with E-state index < -0.39 is 11.9 Å². The lowest BCUT2D eigenvalue weighted by molar-refractivity contribution is -0.124. The Morgan fingerprint density at radius 3 is 2.46 bits per heavy atom. The van der Waals surface area contributed by atoms with E-state index in [0.717, 1.165) is 16.3 Å². The molecule has 0 saturated carbocycles. The highest BCUT2D eigenvalue weighted by Crippen LogP contribution is 2.22. The molecule has 0 aliphatic carbocycles. The molecule has 24 heavy (non-hydrogen) atoms. The Balaban J connectivity index is 1.91. The molecule has 3 amide bonds. The number of carbonyl (C=O) groups excluding carboxylic acids is 3. The molecule has 6 nitrogen and oxygen atoms in total. The van der Waals surface area contributed by atoms with Crippen LogP contribution in [0.2, 0.25) is 0 Å². The number of ketones is 1. The molecular formula is C17H16FN3O3. The fraction of sp³-hybridized carbons (Fsp3) is 0.235. The highest BCUT2D eigenvalue weighted by Gasteiger charge is 2.31. The second-order valence-corrected chi connectivity index (χ2v) is 5.66. The highest BCUT2D eigenvalue weighted by atomic mass is 19.1. The predicted octanol–water partition coefficient (Wildman–Crippen LogP) is 1.97. The number of rotatable bonds is 4. The maximum atomic E-state index is 13.1. The minimum absolute atomic E-state index is 0.0826. The third-order valence-electron chi connectivity index (χ3n) is 4.06. The van der Waals surface area contributed by atoms with Crippen LogP contribution in [0.15, 0.2) is 30.3 Å². The Kier molecular flexibility index (Phi) is 3.92. The van der Waals surface area contributed by atoms with E-state index in [1.54, 1.807) is 25.1 Å². The molecule has 0 atom stereocenters. The smallest absolute Gasteiger partial charge is 0.325 e. The van der Waals surface area contributed by atoms with Crippen LogP contribution in [0.4, 0.5) is 9.18 Å². The number of urea groups is 1. The number of benzene rings is 1. The van der Waals surface area contributed by atoms with Gasteiger partial charge in [-0.05, 0) is 44.2 Å². The minimum Gasteiger partial charge on any atom is -0.329 e. The monoisotopic (exact) mass is 329 g/mol. The van der Waals surface area contributed by atoms with Gasteiger partial charge in [0.2, 0.25) is 5.91 Å². The van der Waals surface area contributed by atoms with Gasteiger partial charge in [-0.3, -0.25) is 14.5 Å². The summed E-state index contributed by atoms with van der Waals surface area (Å²) in [5, 5.41) is 2.38. The topological polar surface area (TPSA) is 71.4 Å². The highest BCUT2D eigenvalue weighted by molar-refractivity contribution is 6.08. The lowest BCUT2D eigenvalue weighted by atomic mass is 10.1. The zero-order valence-corrected chi connectivity index (χ0v) is 13.3. The first-order valence-corrected chi connectivity index (χ1v) is 7.44. The summed E-state index contributed by atoms with van der Waals surface area (Å²) < 4.78 is 14.9. The quantitative estimate of drug-likeness (QED) is 0.688. The van der Waals surface area contributed by atoms with Crippen molar-refractivity contribution in [1.82, 2.24) is 14.8 Å². The molecule has 3 rings (SSSR count). The van der Waals surface area contributed by atoms with Crippen molar-refractivity contribution in [3.8, 4) is 5.69 Å². The van der Waals surface area contributed by atoms with Gasteiger partial charge >= 0.3 is 6.03 Å². The minimum atomic E-state index is -0.555. The summed E-state index contributed by atoms with van der Waals surface area (Å²) in [5.41, 5.74) is 2.65. The van der Waals surface area contributed by atoms with Gasteiger partial charge in [0.05, 0.1) is 13.1 Å². The lowest BCUT2D eigenvalue weighted by Gasteiger charge is -2.12. The van der Waals surface area contributed by atoms with E-state index >= 15 is 0 Å². The second-order valence-electron chi connectivity index (χ2n) is 5.66. The number of halogens is 1. The Morgan fingerprint density at radius 2 is 1.88 bits per heavy atom. The summed E-state index contributed by atoms with van der Waals surface area (Å²) in [6, 6.07) is 7.11. The van der Waals surface area contributed by atoms with Crippen molar-refractivity contribution >= 4 is 17.7 Å². The van der Waals surface area contributed by atoms with Gasteiger partial charge in [-0.1, -0.05) is 0 Å². The Morgan fingerprint density at radius 1 is 1.21 bits per heavy atom. The van der Waals surface area contributed by atoms with Gasteiger partial charge < -0.3 is 9.88 Å². The van der Waals surface area contributed by atoms with Gasteiger partial charge in [-0.25, -0.2) is 9.18 Å². The average molecular weight is 329 g/mol. The van der Waals surface area contributed by atoms with Crippen LogP contribution in [0.1, 0.15) is 21.7 Å². The van der Waals surface area contributed by atoms with E-state index in [9.17, 15) is 18.8 Å². The van der Waals surface area contributed by atoms with Crippen LogP contribution < -0.4 is 5.32 Å². The third kappa shape index (κ3) is 2.68. The average Bonchev–Trinajstić information content (AvgIpc) is 3.02. The van der Waals surface area contributed by atoms with Gasteiger partial charge in [0.15, 0.2) is 5.78 Å². The number of amides is 3. The van der Waals surface area contributed by atoms with Gasteiger partial charge in [0.1, 0.15) is 5.82 Å². The number of Topliss-reactive ketones (excluding diaryl/α,β-unsaturated/α-hetero) is 1. The third-order valence-corrected chi connectivity index (χ3v) is 4.06. The molecule has 1 aliphatic rings. The van der Waals surface area contributed by atoms with Gasteiger partial charge in [-0.2, -0.15) is 0 Å². The van der Waals surface area contributed by atoms with E-state index in [1.165, 1.54) is 12.1 Å². The van der Waals surface area contributed by atoms with E-state index in [4.69, 9.17) is 0 Å². The summed E-state index contributed by atoms with van der Waals surface area (Å²) in [6.07, 6.45) is 0. The number of imide groups is 1. The molecule has 0 spiro atoms. The first-order chi connectivity index (χ1) is 11.4. The molecule has 1 aromatic carbocycles. The molecule has 1 aliphatic heterocycles.